The highest BCUT2D eigenvalue weighted by Gasteiger charge is 2.19. The number of ether oxygens (including phenoxy) is 2. The van der Waals surface area contributed by atoms with Crippen LogP contribution in [-0.4, -0.2) is 45.3 Å². The second-order valence-corrected chi connectivity index (χ2v) is 7.40. The third-order valence-corrected chi connectivity index (χ3v) is 5.63. The molecule has 1 heterocycles. The van der Waals surface area contributed by atoms with Crippen molar-refractivity contribution in [2.45, 2.75) is 6.92 Å². The fourth-order valence-corrected chi connectivity index (χ4v) is 3.38. The lowest BCUT2D eigenvalue weighted by atomic mass is 10.1. The van der Waals surface area contributed by atoms with Crippen LogP contribution in [0.4, 0.5) is 11.4 Å². The maximum atomic E-state index is 12.6. The number of halogens is 1. The van der Waals surface area contributed by atoms with Crippen LogP contribution in [0.1, 0.15) is 26.3 Å². The van der Waals surface area contributed by atoms with E-state index in [4.69, 9.17) is 9.47 Å². The van der Waals surface area contributed by atoms with Crippen molar-refractivity contribution in [2.75, 3.05) is 43.6 Å². The number of esters is 1. The van der Waals surface area contributed by atoms with Crippen molar-refractivity contribution in [2.24, 2.45) is 0 Å². The van der Waals surface area contributed by atoms with E-state index in [9.17, 15) is 9.59 Å². The highest BCUT2D eigenvalue weighted by atomic mass is 127. The smallest absolute Gasteiger partial charge is 0.340 e. The van der Waals surface area contributed by atoms with Crippen LogP contribution in [0.5, 0.6) is 0 Å². The van der Waals surface area contributed by atoms with Gasteiger partial charge in [-0.15, -0.1) is 0 Å². The number of nitrogens with one attached hydrogen (secondary N) is 1. The SMILES string of the molecule is COC(=O)c1cc(N2CCOCC2)ccc1NC(=O)c1ccc(C)c(I)c1. The van der Waals surface area contributed by atoms with Crippen LogP contribution >= 0.6 is 22.6 Å². The van der Waals surface area contributed by atoms with Crippen molar-refractivity contribution in [1.29, 1.82) is 0 Å². The van der Waals surface area contributed by atoms with Crippen LogP contribution in [0.25, 0.3) is 0 Å². The first kappa shape index (κ1) is 19.6. The molecule has 1 aliphatic rings. The number of nitrogens with zero attached hydrogens (tertiary/aromatic N) is 1. The Morgan fingerprint density at radius 1 is 1.15 bits per heavy atom. The average molecular weight is 480 g/mol. The molecular formula is C20H21IN2O4. The molecule has 0 aromatic heterocycles. The summed E-state index contributed by atoms with van der Waals surface area (Å²) in [6.45, 7) is 4.81. The number of aryl methyl sites for hydroxylation is 1. The van der Waals surface area contributed by atoms with Crippen LogP contribution in [0.3, 0.4) is 0 Å². The van der Waals surface area contributed by atoms with Gasteiger partial charge in [-0.3, -0.25) is 4.79 Å². The van der Waals surface area contributed by atoms with Crippen LogP contribution in [0.2, 0.25) is 0 Å². The monoisotopic (exact) mass is 480 g/mol. The Labute approximate surface area is 172 Å². The van der Waals surface area contributed by atoms with Gasteiger partial charge >= 0.3 is 5.97 Å². The van der Waals surface area contributed by atoms with Crippen LogP contribution in [-0.2, 0) is 9.47 Å². The molecule has 3 rings (SSSR count). The summed E-state index contributed by atoms with van der Waals surface area (Å²) in [5.41, 5.74) is 3.31. The summed E-state index contributed by atoms with van der Waals surface area (Å²) in [6, 6.07) is 10.9. The van der Waals surface area contributed by atoms with E-state index in [2.05, 4.69) is 32.8 Å². The molecule has 0 bridgehead atoms. The lowest BCUT2D eigenvalue weighted by Gasteiger charge is -2.29. The number of carbonyl (C=O) groups excluding carboxylic acids is 2. The molecule has 1 amide bonds. The zero-order chi connectivity index (χ0) is 19.4. The van der Waals surface area contributed by atoms with Crippen molar-refractivity contribution in [3.63, 3.8) is 0 Å². The summed E-state index contributed by atoms with van der Waals surface area (Å²) in [7, 11) is 1.33. The molecule has 0 saturated carbocycles. The van der Waals surface area contributed by atoms with E-state index in [1.54, 1.807) is 18.2 Å². The molecule has 27 heavy (non-hydrogen) atoms. The second kappa shape index (κ2) is 8.71. The third kappa shape index (κ3) is 4.59. The molecule has 2 aromatic rings. The number of methoxy groups -OCH3 is 1. The molecule has 142 valence electrons. The summed E-state index contributed by atoms with van der Waals surface area (Å²) >= 11 is 2.20. The summed E-state index contributed by atoms with van der Waals surface area (Å²) in [4.78, 5) is 27.0. The summed E-state index contributed by atoms with van der Waals surface area (Å²) < 4.78 is 11.3. The highest BCUT2D eigenvalue weighted by Crippen LogP contribution is 2.26. The van der Waals surface area contributed by atoms with Crippen LogP contribution in [0, 0.1) is 10.5 Å². The predicted octanol–water partition coefficient (Wildman–Crippen LogP) is 3.48. The van der Waals surface area contributed by atoms with E-state index < -0.39 is 5.97 Å². The molecule has 6 nitrogen and oxygen atoms in total. The minimum absolute atomic E-state index is 0.266. The number of hydrogen-bond acceptors (Lipinski definition) is 5. The Kier molecular flexibility index (Phi) is 6.33. The van der Waals surface area contributed by atoms with Gasteiger partial charge in [0.1, 0.15) is 0 Å². The lowest BCUT2D eigenvalue weighted by Crippen LogP contribution is -2.36. The molecule has 1 fully saturated rings. The minimum atomic E-state index is -0.487. The quantitative estimate of drug-likeness (QED) is 0.537. The van der Waals surface area contributed by atoms with Crippen molar-refractivity contribution in [1.82, 2.24) is 0 Å². The normalized spacial score (nSPS) is 14.0. The standard InChI is InChI=1S/C20H21IN2O4/c1-13-3-4-14(11-17(13)21)19(24)22-18-6-5-15(12-16(18)20(25)26-2)23-7-9-27-10-8-23/h3-6,11-12H,7-10H2,1-2H3,(H,22,24). The molecule has 1 aliphatic heterocycles. The van der Waals surface area contributed by atoms with Gasteiger partial charge in [0.25, 0.3) is 5.91 Å². The highest BCUT2D eigenvalue weighted by molar-refractivity contribution is 14.1. The van der Waals surface area contributed by atoms with Gasteiger partial charge in [0.05, 0.1) is 31.6 Å². The van der Waals surface area contributed by atoms with E-state index in [1.165, 1.54) is 7.11 Å². The number of hydrogen-bond donors (Lipinski definition) is 1. The van der Waals surface area contributed by atoms with E-state index >= 15 is 0 Å². The first-order valence-corrected chi connectivity index (χ1v) is 9.70. The molecule has 1 saturated heterocycles. The maximum Gasteiger partial charge on any atom is 0.340 e. The molecule has 2 aromatic carbocycles. The minimum Gasteiger partial charge on any atom is -0.465 e. The number of rotatable bonds is 4. The molecule has 0 aliphatic carbocycles. The van der Waals surface area contributed by atoms with Gasteiger partial charge in [0.2, 0.25) is 0 Å². The van der Waals surface area contributed by atoms with Gasteiger partial charge in [0, 0.05) is 27.9 Å². The fourth-order valence-electron chi connectivity index (χ4n) is 2.87. The van der Waals surface area contributed by atoms with Crippen molar-refractivity contribution >= 4 is 45.8 Å². The molecule has 7 heteroatoms. The predicted molar refractivity (Wildman–Crippen MR) is 113 cm³/mol. The molecule has 0 radical (unpaired) electrons. The van der Waals surface area contributed by atoms with E-state index in [0.717, 1.165) is 27.9 Å². The number of anilines is 2. The zero-order valence-corrected chi connectivity index (χ0v) is 17.4. The topological polar surface area (TPSA) is 67.9 Å². The average Bonchev–Trinajstić information content (AvgIpc) is 2.70. The van der Waals surface area contributed by atoms with E-state index in [0.29, 0.717) is 30.0 Å². The molecular weight excluding hydrogens is 459 g/mol. The van der Waals surface area contributed by atoms with Gasteiger partial charge in [-0.25, -0.2) is 4.79 Å². The van der Waals surface area contributed by atoms with Crippen LogP contribution < -0.4 is 10.2 Å². The fraction of sp³-hybridized carbons (Fsp3) is 0.300. The van der Waals surface area contributed by atoms with Gasteiger partial charge < -0.3 is 19.7 Å². The van der Waals surface area contributed by atoms with Gasteiger partial charge in [0.15, 0.2) is 0 Å². The van der Waals surface area contributed by atoms with E-state index in [-0.39, 0.29) is 5.91 Å². The number of carbonyl (C=O) groups is 2. The number of amides is 1. The Morgan fingerprint density at radius 2 is 1.89 bits per heavy atom. The summed E-state index contributed by atoms with van der Waals surface area (Å²) in [6.07, 6.45) is 0. The second-order valence-electron chi connectivity index (χ2n) is 6.24. The van der Waals surface area contributed by atoms with Crippen LogP contribution in [0.15, 0.2) is 36.4 Å². The van der Waals surface area contributed by atoms with Crippen molar-refractivity contribution in [3.05, 3.63) is 56.7 Å². The summed E-state index contributed by atoms with van der Waals surface area (Å²) in [5.74, 6) is -0.754. The van der Waals surface area contributed by atoms with Gasteiger partial charge in [-0.05, 0) is 65.4 Å². The largest absolute Gasteiger partial charge is 0.465 e. The third-order valence-electron chi connectivity index (χ3n) is 4.47. The van der Waals surface area contributed by atoms with Crippen molar-refractivity contribution < 1.29 is 19.1 Å². The molecule has 0 atom stereocenters. The summed E-state index contributed by atoms with van der Waals surface area (Å²) in [5, 5.41) is 2.83. The van der Waals surface area contributed by atoms with E-state index in [1.807, 2.05) is 25.1 Å². The Morgan fingerprint density at radius 3 is 2.56 bits per heavy atom. The Bertz CT molecular complexity index is 863. The maximum absolute atomic E-state index is 12.6. The molecule has 0 spiro atoms. The molecule has 1 N–H and O–H groups in total. The zero-order valence-electron chi connectivity index (χ0n) is 15.3. The molecule has 0 unspecified atom stereocenters. The number of morpholine rings is 1. The lowest BCUT2D eigenvalue weighted by molar-refractivity contribution is 0.0602. The Hall–Kier alpha value is -2.13. The van der Waals surface area contributed by atoms with Gasteiger partial charge in [-0.2, -0.15) is 0 Å². The first-order valence-electron chi connectivity index (χ1n) is 8.62. The van der Waals surface area contributed by atoms with Crippen molar-refractivity contribution in [3.8, 4) is 0 Å². The first-order chi connectivity index (χ1) is 13.0. The number of benzene rings is 2. The Balaban J connectivity index is 1.88. The van der Waals surface area contributed by atoms with Gasteiger partial charge in [-0.1, -0.05) is 6.07 Å².